The highest BCUT2D eigenvalue weighted by atomic mass is 32.2. The van der Waals surface area contributed by atoms with Gasteiger partial charge in [0, 0.05) is 18.1 Å². The number of carbonyl (C=O) groups is 1. The summed E-state index contributed by atoms with van der Waals surface area (Å²) in [5.41, 5.74) is 2.86. The molecular weight excluding hydrogens is 429 g/mol. The second kappa shape index (κ2) is 8.96. The van der Waals surface area contributed by atoms with E-state index in [9.17, 15) is 14.0 Å². The monoisotopic (exact) mass is 451 g/mol. The van der Waals surface area contributed by atoms with E-state index in [0.29, 0.717) is 17.3 Å². The van der Waals surface area contributed by atoms with Gasteiger partial charge in [-0.3, -0.25) is 18.6 Å². The maximum absolute atomic E-state index is 13.6. The number of rotatable bonds is 6. The second-order valence-electron chi connectivity index (χ2n) is 7.40. The molecule has 0 aliphatic rings. The van der Waals surface area contributed by atoms with Crippen molar-refractivity contribution in [3.63, 3.8) is 0 Å². The fraction of sp³-hybridized carbons (Fsp3) is 0.217. The highest BCUT2D eigenvalue weighted by Crippen LogP contribution is 2.27. The molecule has 2 heterocycles. The summed E-state index contributed by atoms with van der Waals surface area (Å²) < 4.78 is 16.4. The number of amides is 1. The molecule has 0 spiro atoms. The van der Waals surface area contributed by atoms with Gasteiger partial charge in [-0.2, -0.15) is 0 Å². The van der Waals surface area contributed by atoms with Crippen molar-refractivity contribution in [2.24, 2.45) is 0 Å². The van der Waals surface area contributed by atoms with Crippen LogP contribution < -0.4 is 10.9 Å². The Bertz CT molecular complexity index is 1340. The summed E-state index contributed by atoms with van der Waals surface area (Å²) in [7, 11) is 0. The van der Waals surface area contributed by atoms with Gasteiger partial charge < -0.3 is 5.32 Å². The molecule has 0 aliphatic carbocycles. The average molecular weight is 452 g/mol. The first kappa shape index (κ1) is 21.8. The zero-order chi connectivity index (χ0) is 22.8. The molecule has 32 heavy (non-hydrogen) atoms. The van der Waals surface area contributed by atoms with Gasteiger partial charge in [0.2, 0.25) is 11.6 Å². The van der Waals surface area contributed by atoms with Crippen LogP contribution in [-0.4, -0.2) is 30.3 Å². The maximum Gasteiger partial charge on any atom is 0.300 e. The van der Waals surface area contributed by atoms with Crippen molar-refractivity contribution >= 4 is 29.0 Å². The number of nitrogens with zero attached hydrogens (tertiary/aromatic N) is 4. The van der Waals surface area contributed by atoms with E-state index in [2.05, 4.69) is 15.5 Å². The summed E-state index contributed by atoms with van der Waals surface area (Å²) in [5.74, 6) is -0.576. The summed E-state index contributed by atoms with van der Waals surface area (Å²) in [6.07, 6.45) is 3.74. The Hall–Kier alpha value is -3.46. The van der Waals surface area contributed by atoms with Crippen molar-refractivity contribution in [2.75, 3.05) is 5.32 Å². The van der Waals surface area contributed by atoms with Crippen LogP contribution >= 0.6 is 11.8 Å². The quantitative estimate of drug-likeness (QED) is 0.446. The number of fused-ring (bicyclic) bond motifs is 1. The first-order valence-electron chi connectivity index (χ1n) is 10.1. The Morgan fingerprint density at radius 3 is 2.53 bits per heavy atom. The molecule has 0 bridgehead atoms. The minimum Gasteiger partial charge on any atom is -0.325 e. The highest BCUT2D eigenvalue weighted by Gasteiger charge is 2.23. The third-order valence-corrected chi connectivity index (χ3v) is 6.49. The lowest BCUT2D eigenvalue weighted by Gasteiger charge is -2.16. The molecule has 164 valence electrons. The number of anilines is 1. The number of thioether (sulfide) groups is 1. The molecule has 2 aromatic carbocycles. The number of hydrogen-bond donors (Lipinski definition) is 1. The minimum absolute atomic E-state index is 0.101. The number of carbonyl (C=O) groups excluding carboxylic acids is 1. The van der Waals surface area contributed by atoms with Gasteiger partial charge in [-0.15, -0.1) is 10.2 Å². The normalized spacial score (nSPS) is 12.1. The minimum atomic E-state index is -0.437. The summed E-state index contributed by atoms with van der Waals surface area (Å²) in [6, 6.07) is 11.6. The number of hydrogen-bond acceptors (Lipinski definition) is 5. The molecule has 1 atom stereocenters. The molecule has 0 unspecified atom stereocenters. The molecule has 4 aromatic rings. The lowest BCUT2D eigenvalue weighted by atomic mass is 10.1. The van der Waals surface area contributed by atoms with E-state index in [-0.39, 0.29) is 11.6 Å². The molecule has 0 saturated carbocycles. The lowest BCUT2D eigenvalue weighted by molar-refractivity contribution is -0.115. The Labute approximate surface area is 188 Å². The van der Waals surface area contributed by atoms with Crippen molar-refractivity contribution in [1.29, 1.82) is 0 Å². The van der Waals surface area contributed by atoms with E-state index in [4.69, 9.17) is 0 Å². The zero-order valence-corrected chi connectivity index (χ0v) is 18.7. The van der Waals surface area contributed by atoms with Gasteiger partial charge in [0.1, 0.15) is 5.82 Å². The topological polar surface area (TPSA) is 81.3 Å². The smallest absolute Gasteiger partial charge is 0.300 e. The average Bonchev–Trinajstić information content (AvgIpc) is 3.18. The van der Waals surface area contributed by atoms with Gasteiger partial charge >= 0.3 is 5.56 Å². The molecule has 4 rings (SSSR count). The number of aromatic nitrogens is 4. The highest BCUT2D eigenvalue weighted by molar-refractivity contribution is 8.00. The predicted molar refractivity (Wildman–Crippen MR) is 123 cm³/mol. The van der Waals surface area contributed by atoms with Crippen LogP contribution in [0.4, 0.5) is 10.1 Å². The first-order valence-corrected chi connectivity index (χ1v) is 11.0. The molecule has 0 saturated heterocycles. The SMILES string of the molecule is CC[C@@H](Sc1nnc2c(=O)n(-c3cccc(F)c3)ccn12)C(=O)Nc1c(C)cccc1C. The van der Waals surface area contributed by atoms with Crippen LogP contribution in [0, 0.1) is 19.7 Å². The van der Waals surface area contributed by atoms with Crippen LogP contribution in [0.25, 0.3) is 11.3 Å². The number of nitrogens with one attached hydrogen (secondary N) is 1. The Morgan fingerprint density at radius 2 is 1.84 bits per heavy atom. The van der Waals surface area contributed by atoms with Gasteiger partial charge in [0.15, 0.2) is 5.16 Å². The van der Waals surface area contributed by atoms with Crippen LogP contribution in [0.15, 0.2) is 64.8 Å². The van der Waals surface area contributed by atoms with Crippen molar-refractivity contribution in [1.82, 2.24) is 19.2 Å². The Balaban J connectivity index is 1.61. The Kier molecular flexibility index (Phi) is 6.09. The first-order chi connectivity index (χ1) is 15.4. The van der Waals surface area contributed by atoms with Crippen molar-refractivity contribution in [2.45, 2.75) is 37.6 Å². The molecule has 0 fully saturated rings. The molecule has 0 aliphatic heterocycles. The summed E-state index contributed by atoms with van der Waals surface area (Å²) in [4.78, 5) is 25.8. The number of halogens is 1. The van der Waals surface area contributed by atoms with Gasteiger partial charge in [-0.25, -0.2) is 4.39 Å². The molecule has 7 nitrogen and oxygen atoms in total. The van der Waals surface area contributed by atoms with E-state index in [0.717, 1.165) is 16.8 Å². The van der Waals surface area contributed by atoms with Crippen LogP contribution in [0.2, 0.25) is 0 Å². The fourth-order valence-electron chi connectivity index (χ4n) is 3.44. The standard InChI is InChI=1S/C23H22FN5O2S/c1-4-18(21(30)25-19-14(2)7-5-8-15(19)3)32-23-27-26-20-22(31)28(11-12-29(20)23)17-10-6-9-16(24)13-17/h5-13,18H,4H2,1-3H3,(H,25,30)/t18-/m1/s1. The maximum atomic E-state index is 13.6. The second-order valence-corrected chi connectivity index (χ2v) is 8.57. The molecule has 0 radical (unpaired) electrons. The molecular formula is C23H22FN5O2S. The summed E-state index contributed by atoms with van der Waals surface area (Å²) in [5, 5.41) is 11.2. The molecule has 1 N–H and O–H groups in total. The van der Waals surface area contributed by atoms with Gasteiger partial charge in [-0.05, 0) is 49.6 Å². The molecule has 2 aromatic heterocycles. The van der Waals surface area contributed by atoms with E-state index in [1.807, 2.05) is 39.0 Å². The van der Waals surface area contributed by atoms with Gasteiger partial charge in [0.05, 0.1) is 10.9 Å². The largest absolute Gasteiger partial charge is 0.325 e. The number of benzene rings is 2. The third kappa shape index (κ3) is 4.16. The fourth-order valence-corrected chi connectivity index (χ4v) is 4.38. The van der Waals surface area contributed by atoms with Gasteiger partial charge in [0.25, 0.3) is 0 Å². The van der Waals surface area contributed by atoms with Crippen LogP contribution in [0.3, 0.4) is 0 Å². The Morgan fingerprint density at radius 1 is 1.12 bits per heavy atom. The number of aryl methyl sites for hydroxylation is 2. The van der Waals surface area contributed by atoms with Gasteiger partial charge in [-0.1, -0.05) is 43.0 Å². The van der Waals surface area contributed by atoms with Crippen molar-refractivity contribution in [3.8, 4) is 5.69 Å². The van der Waals surface area contributed by atoms with E-state index < -0.39 is 16.6 Å². The van der Waals surface area contributed by atoms with E-state index in [1.165, 1.54) is 40.7 Å². The molecule has 9 heteroatoms. The predicted octanol–water partition coefficient (Wildman–Crippen LogP) is 4.15. The zero-order valence-electron chi connectivity index (χ0n) is 17.9. The van der Waals surface area contributed by atoms with Crippen LogP contribution in [0.5, 0.6) is 0 Å². The van der Waals surface area contributed by atoms with Crippen molar-refractivity contribution in [3.05, 3.63) is 82.2 Å². The van der Waals surface area contributed by atoms with E-state index in [1.54, 1.807) is 16.7 Å². The van der Waals surface area contributed by atoms with Crippen LogP contribution in [-0.2, 0) is 4.79 Å². The number of para-hydroxylation sites is 1. The lowest BCUT2D eigenvalue weighted by Crippen LogP contribution is -2.26. The van der Waals surface area contributed by atoms with E-state index >= 15 is 0 Å². The molecule has 1 amide bonds. The summed E-state index contributed by atoms with van der Waals surface area (Å²) >= 11 is 1.25. The third-order valence-electron chi connectivity index (χ3n) is 5.17. The van der Waals surface area contributed by atoms with Crippen molar-refractivity contribution < 1.29 is 9.18 Å². The van der Waals surface area contributed by atoms with Crippen LogP contribution in [0.1, 0.15) is 24.5 Å². The summed E-state index contributed by atoms with van der Waals surface area (Å²) in [6.45, 7) is 5.82.